The lowest BCUT2D eigenvalue weighted by atomic mass is 9.86. The maximum absolute atomic E-state index is 13.0. The van der Waals surface area contributed by atoms with Gasteiger partial charge in [-0.1, -0.05) is 18.2 Å². The molecular weight excluding hydrogens is 336 g/mol. The molecule has 2 aromatic rings. The molecule has 7 nitrogen and oxygen atoms in total. The van der Waals surface area contributed by atoms with E-state index in [1.807, 2.05) is 35.0 Å². The molecule has 1 saturated heterocycles. The van der Waals surface area contributed by atoms with Gasteiger partial charge in [0.1, 0.15) is 0 Å². The molecule has 1 aliphatic rings. The summed E-state index contributed by atoms with van der Waals surface area (Å²) >= 11 is 0. The molecule has 0 radical (unpaired) electrons. The SMILES string of the molecule is COCCn1cc(C(=O)NC2(CC(=O)O)CCOCC2)c2ccccc21. The molecule has 1 aromatic carbocycles. The van der Waals surface area contributed by atoms with Crippen molar-refractivity contribution in [3.05, 3.63) is 36.0 Å². The topological polar surface area (TPSA) is 89.8 Å². The molecule has 3 rings (SSSR count). The number of carboxylic acids is 1. The van der Waals surface area contributed by atoms with E-state index in [9.17, 15) is 14.7 Å². The van der Waals surface area contributed by atoms with Gasteiger partial charge in [-0.05, 0) is 18.9 Å². The number of aliphatic carboxylic acids is 1. The molecular formula is C19H24N2O5. The van der Waals surface area contributed by atoms with E-state index in [2.05, 4.69) is 5.32 Å². The Morgan fingerprint density at radius 1 is 1.31 bits per heavy atom. The van der Waals surface area contributed by atoms with Gasteiger partial charge in [0.25, 0.3) is 5.91 Å². The van der Waals surface area contributed by atoms with E-state index in [0.29, 0.717) is 44.8 Å². The highest BCUT2D eigenvalue weighted by atomic mass is 16.5. The van der Waals surface area contributed by atoms with Crippen LogP contribution >= 0.6 is 0 Å². The largest absolute Gasteiger partial charge is 0.481 e. The fourth-order valence-corrected chi connectivity index (χ4v) is 3.51. The van der Waals surface area contributed by atoms with Crippen LogP contribution in [0.1, 0.15) is 29.6 Å². The van der Waals surface area contributed by atoms with Crippen molar-refractivity contribution in [2.75, 3.05) is 26.9 Å². The second-order valence-corrected chi connectivity index (χ2v) is 6.66. The molecule has 7 heteroatoms. The number of carbonyl (C=O) groups is 2. The number of hydrogen-bond acceptors (Lipinski definition) is 4. The van der Waals surface area contributed by atoms with Gasteiger partial charge < -0.3 is 24.5 Å². The quantitative estimate of drug-likeness (QED) is 0.789. The smallest absolute Gasteiger partial charge is 0.305 e. The third-order valence-electron chi connectivity index (χ3n) is 4.89. The minimum Gasteiger partial charge on any atom is -0.481 e. The maximum Gasteiger partial charge on any atom is 0.305 e. The van der Waals surface area contributed by atoms with Crippen LogP contribution < -0.4 is 5.32 Å². The van der Waals surface area contributed by atoms with Crippen molar-refractivity contribution in [2.24, 2.45) is 0 Å². The average Bonchev–Trinajstić information content (AvgIpc) is 2.99. The van der Waals surface area contributed by atoms with E-state index in [-0.39, 0.29) is 12.3 Å². The van der Waals surface area contributed by atoms with Gasteiger partial charge in [-0.2, -0.15) is 0 Å². The minimum absolute atomic E-state index is 0.107. The van der Waals surface area contributed by atoms with E-state index in [1.165, 1.54) is 0 Å². The van der Waals surface area contributed by atoms with Crippen molar-refractivity contribution in [2.45, 2.75) is 31.3 Å². The van der Waals surface area contributed by atoms with E-state index in [4.69, 9.17) is 9.47 Å². The molecule has 1 amide bonds. The zero-order valence-corrected chi connectivity index (χ0v) is 14.9. The molecule has 2 N–H and O–H groups in total. The normalized spacial score (nSPS) is 16.5. The highest BCUT2D eigenvalue weighted by molar-refractivity contribution is 6.07. The molecule has 2 heterocycles. The molecule has 140 valence electrons. The Morgan fingerprint density at radius 3 is 2.73 bits per heavy atom. The van der Waals surface area contributed by atoms with E-state index >= 15 is 0 Å². The van der Waals surface area contributed by atoms with Gasteiger partial charge in [0, 0.05) is 44.0 Å². The zero-order valence-electron chi connectivity index (χ0n) is 14.9. The number of benzene rings is 1. The summed E-state index contributed by atoms with van der Waals surface area (Å²) in [6.07, 6.45) is 2.69. The Balaban J connectivity index is 1.90. The second-order valence-electron chi connectivity index (χ2n) is 6.66. The second kappa shape index (κ2) is 7.88. The van der Waals surface area contributed by atoms with Gasteiger partial charge in [-0.25, -0.2) is 0 Å². The molecule has 1 aromatic heterocycles. The predicted molar refractivity (Wildman–Crippen MR) is 96.3 cm³/mol. The first-order chi connectivity index (χ1) is 12.5. The van der Waals surface area contributed by atoms with Crippen LogP contribution in [0.25, 0.3) is 10.9 Å². The van der Waals surface area contributed by atoms with Gasteiger partial charge in [0.2, 0.25) is 0 Å². The number of rotatable bonds is 7. The predicted octanol–water partition coefficient (Wildman–Crippen LogP) is 2.04. The summed E-state index contributed by atoms with van der Waals surface area (Å²) in [5.74, 6) is -1.17. The van der Waals surface area contributed by atoms with Crippen LogP contribution in [0.15, 0.2) is 30.5 Å². The summed E-state index contributed by atoms with van der Waals surface area (Å²) in [4.78, 5) is 24.3. The molecule has 1 fully saturated rings. The number of para-hydroxylation sites is 1. The number of aromatic nitrogens is 1. The molecule has 0 bridgehead atoms. The Kier molecular flexibility index (Phi) is 5.58. The first kappa shape index (κ1) is 18.4. The van der Waals surface area contributed by atoms with Crippen molar-refractivity contribution < 1.29 is 24.2 Å². The Hall–Kier alpha value is -2.38. The minimum atomic E-state index is -0.922. The van der Waals surface area contributed by atoms with Gasteiger partial charge in [-0.15, -0.1) is 0 Å². The van der Waals surface area contributed by atoms with E-state index < -0.39 is 11.5 Å². The van der Waals surface area contributed by atoms with Crippen molar-refractivity contribution >= 4 is 22.8 Å². The molecule has 0 spiro atoms. The fourth-order valence-electron chi connectivity index (χ4n) is 3.51. The summed E-state index contributed by atoms with van der Waals surface area (Å²) in [5, 5.41) is 13.1. The lowest BCUT2D eigenvalue weighted by molar-refractivity contribution is -0.139. The molecule has 0 unspecified atom stereocenters. The van der Waals surface area contributed by atoms with Gasteiger partial charge >= 0.3 is 5.97 Å². The number of hydrogen-bond donors (Lipinski definition) is 2. The van der Waals surface area contributed by atoms with Crippen LogP contribution in [0.5, 0.6) is 0 Å². The van der Waals surface area contributed by atoms with Crippen LogP contribution in [0.4, 0.5) is 0 Å². The highest BCUT2D eigenvalue weighted by Gasteiger charge is 2.37. The van der Waals surface area contributed by atoms with Gasteiger partial charge in [-0.3, -0.25) is 9.59 Å². The summed E-state index contributed by atoms with van der Waals surface area (Å²) in [6.45, 7) is 2.07. The van der Waals surface area contributed by atoms with Gasteiger partial charge in [0.05, 0.1) is 24.1 Å². The van der Waals surface area contributed by atoms with Crippen molar-refractivity contribution in [3.8, 4) is 0 Å². The number of nitrogens with one attached hydrogen (secondary N) is 1. The molecule has 0 aliphatic carbocycles. The lowest BCUT2D eigenvalue weighted by Crippen LogP contribution is -2.53. The van der Waals surface area contributed by atoms with Crippen molar-refractivity contribution in [1.29, 1.82) is 0 Å². The van der Waals surface area contributed by atoms with Crippen molar-refractivity contribution in [1.82, 2.24) is 9.88 Å². The van der Waals surface area contributed by atoms with Crippen LogP contribution in [0.2, 0.25) is 0 Å². The van der Waals surface area contributed by atoms with Gasteiger partial charge in [0.15, 0.2) is 0 Å². The first-order valence-electron chi connectivity index (χ1n) is 8.73. The van der Waals surface area contributed by atoms with E-state index in [0.717, 1.165) is 10.9 Å². The summed E-state index contributed by atoms with van der Waals surface area (Å²) in [7, 11) is 1.64. The number of carboxylic acid groups (broad SMARTS) is 1. The molecule has 1 aliphatic heterocycles. The van der Waals surface area contributed by atoms with Crippen LogP contribution in [-0.4, -0.2) is 54.0 Å². The zero-order chi connectivity index (χ0) is 18.6. The van der Waals surface area contributed by atoms with E-state index in [1.54, 1.807) is 7.11 Å². The first-order valence-corrected chi connectivity index (χ1v) is 8.73. The monoisotopic (exact) mass is 360 g/mol. The summed E-state index contributed by atoms with van der Waals surface area (Å²) in [6, 6.07) is 7.68. The van der Waals surface area contributed by atoms with Crippen LogP contribution in [0, 0.1) is 0 Å². The number of amides is 1. The lowest BCUT2D eigenvalue weighted by Gasteiger charge is -2.36. The third-order valence-corrected chi connectivity index (χ3v) is 4.89. The Labute approximate surface area is 151 Å². The standard InChI is InChI=1S/C19H24N2O5/c1-25-11-8-21-13-15(14-4-2-3-5-16(14)21)18(24)20-19(12-17(22)23)6-9-26-10-7-19/h2-5,13H,6-12H2,1H3,(H,20,24)(H,22,23). The molecule has 0 atom stereocenters. The van der Waals surface area contributed by atoms with Crippen molar-refractivity contribution in [3.63, 3.8) is 0 Å². The molecule has 26 heavy (non-hydrogen) atoms. The maximum atomic E-state index is 13.0. The number of carbonyl (C=O) groups excluding carboxylic acids is 1. The average molecular weight is 360 g/mol. The van der Waals surface area contributed by atoms with Crippen LogP contribution in [0.3, 0.4) is 0 Å². The summed E-state index contributed by atoms with van der Waals surface area (Å²) < 4.78 is 12.5. The molecule has 0 saturated carbocycles. The number of nitrogens with zero attached hydrogens (tertiary/aromatic N) is 1. The number of methoxy groups -OCH3 is 1. The Morgan fingerprint density at radius 2 is 2.04 bits per heavy atom. The number of fused-ring (bicyclic) bond motifs is 1. The third kappa shape index (κ3) is 3.89. The van der Waals surface area contributed by atoms with Crippen LogP contribution in [-0.2, 0) is 20.8 Å². The highest BCUT2D eigenvalue weighted by Crippen LogP contribution is 2.27. The summed E-state index contributed by atoms with van der Waals surface area (Å²) in [5.41, 5.74) is 0.735. The Bertz CT molecular complexity index is 792. The number of ether oxygens (including phenoxy) is 2. The fraction of sp³-hybridized carbons (Fsp3) is 0.474.